The Hall–Kier alpha value is -1.43. The lowest BCUT2D eigenvalue weighted by Gasteiger charge is -2.14. The molecule has 0 unspecified atom stereocenters. The maximum absolute atomic E-state index is 12.0. The van der Waals surface area contributed by atoms with E-state index in [0.717, 1.165) is 4.90 Å². The second-order valence-electron chi connectivity index (χ2n) is 3.05. The van der Waals surface area contributed by atoms with Crippen LogP contribution in [0.4, 0.5) is 8.78 Å². The van der Waals surface area contributed by atoms with Crippen LogP contribution in [0.3, 0.4) is 0 Å². The van der Waals surface area contributed by atoms with Crippen LogP contribution in [0.1, 0.15) is 16.3 Å². The highest BCUT2D eigenvalue weighted by Crippen LogP contribution is 2.10. The van der Waals surface area contributed by atoms with Gasteiger partial charge in [-0.25, -0.2) is 8.78 Å². The lowest BCUT2D eigenvalue weighted by molar-refractivity contribution is 0.0592. The van der Waals surface area contributed by atoms with Gasteiger partial charge in [0.1, 0.15) is 5.76 Å². The second kappa shape index (κ2) is 4.88. The average molecular weight is 218 g/mol. The number of nitrogens with two attached hydrogens (primary N) is 1. The Balaban J connectivity index is 2.67. The van der Waals surface area contributed by atoms with Crippen molar-refractivity contribution in [2.75, 3.05) is 13.6 Å². The Morgan fingerprint density at radius 2 is 2.27 bits per heavy atom. The molecule has 0 radical (unpaired) electrons. The van der Waals surface area contributed by atoms with Crippen molar-refractivity contribution < 1.29 is 18.0 Å². The smallest absolute Gasteiger partial charge is 0.289 e. The zero-order chi connectivity index (χ0) is 11.4. The van der Waals surface area contributed by atoms with E-state index in [1.165, 1.54) is 13.1 Å². The number of amides is 1. The summed E-state index contributed by atoms with van der Waals surface area (Å²) in [4.78, 5) is 12.4. The third-order valence-electron chi connectivity index (χ3n) is 1.83. The van der Waals surface area contributed by atoms with Gasteiger partial charge in [0.25, 0.3) is 12.3 Å². The first kappa shape index (κ1) is 11.6. The summed E-state index contributed by atoms with van der Waals surface area (Å²) in [5.41, 5.74) is 5.28. The molecule has 0 bridgehead atoms. The molecule has 15 heavy (non-hydrogen) atoms. The van der Waals surface area contributed by atoms with Crippen molar-refractivity contribution in [3.8, 4) is 0 Å². The second-order valence-corrected chi connectivity index (χ2v) is 3.05. The number of carbonyl (C=O) groups excluding carboxylic acids is 1. The number of rotatable bonds is 4. The standard InChI is InChI=1S/C9H12F2N2O2/c1-13(5-8(10)11)9(14)7-3-2-6(4-12)15-7/h2-3,8H,4-5,12H2,1H3. The molecule has 0 aliphatic carbocycles. The van der Waals surface area contributed by atoms with Crippen LogP contribution in [-0.4, -0.2) is 30.8 Å². The topological polar surface area (TPSA) is 59.5 Å². The van der Waals surface area contributed by atoms with E-state index in [9.17, 15) is 13.6 Å². The molecule has 0 atom stereocenters. The summed E-state index contributed by atoms with van der Waals surface area (Å²) in [6.07, 6.45) is -2.55. The molecule has 0 saturated heterocycles. The van der Waals surface area contributed by atoms with E-state index in [-0.39, 0.29) is 12.3 Å². The molecular formula is C9H12F2N2O2. The molecule has 1 amide bonds. The lowest BCUT2D eigenvalue weighted by atomic mass is 10.4. The number of hydrogen-bond acceptors (Lipinski definition) is 3. The van der Waals surface area contributed by atoms with Crippen LogP contribution < -0.4 is 5.73 Å². The Bertz CT molecular complexity index is 339. The quantitative estimate of drug-likeness (QED) is 0.822. The van der Waals surface area contributed by atoms with E-state index in [0.29, 0.717) is 5.76 Å². The summed E-state index contributed by atoms with van der Waals surface area (Å²) >= 11 is 0. The normalized spacial score (nSPS) is 10.7. The Morgan fingerprint density at radius 1 is 1.60 bits per heavy atom. The Morgan fingerprint density at radius 3 is 2.73 bits per heavy atom. The summed E-state index contributed by atoms with van der Waals surface area (Å²) in [6.45, 7) is -0.441. The van der Waals surface area contributed by atoms with Gasteiger partial charge >= 0.3 is 0 Å². The van der Waals surface area contributed by atoms with Crippen molar-refractivity contribution in [1.82, 2.24) is 4.90 Å². The van der Waals surface area contributed by atoms with Gasteiger partial charge in [-0.3, -0.25) is 4.79 Å². The van der Waals surface area contributed by atoms with Gasteiger partial charge in [0.2, 0.25) is 0 Å². The number of nitrogens with zero attached hydrogens (tertiary/aromatic N) is 1. The van der Waals surface area contributed by atoms with Gasteiger partial charge in [-0.05, 0) is 12.1 Å². The number of hydrogen-bond donors (Lipinski definition) is 1. The van der Waals surface area contributed by atoms with Gasteiger partial charge in [-0.1, -0.05) is 0 Å². The highest BCUT2D eigenvalue weighted by atomic mass is 19.3. The molecule has 0 aliphatic heterocycles. The first-order chi connectivity index (χ1) is 7.04. The third-order valence-corrected chi connectivity index (χ3v) is 1.83. The molecule has 1 heterocycles. The van der Waals surface area contributed by atoms with Crippen molar-refractivity contribution in [2.45, 2.75) is 13.0 Å². The summed E-state index contributed by atoms with van der Waals surface area (Å²) in [7, 11) is 1.29. The van der Waals surface area contributed by atoms with Crippen molar-refractivity contribution >= 4 is 5.91 Å². The maximum atomic E-state index is 12.0. The van der Waals surface area contributed by atoms with Crippen LogP contribution >= 0.6 is 0 Å². The first-order valence-electron chi connectivity index (χ1n) is 4.37. The Kier molecular flexibility index (Phi) is 3.79. The molecule has 0 saturated carbocycles. The van der Waals surface area contributed by atoms with Crippen molar-refractivity contribution in [2.24, 2.45) is 5.73 Å². The van der Waals surface area contributed by atoms with Gasteiger partial charge in [-0.2, -0.15) is 0 Å². The molecule has 1 aromatic rings. The largest absolute Gasteiger partial charge is 0.455 e. The fourth-order valence-corrected chi connectivity index (χ4v) is 1.08. The molecule has 0 spiro atoms. The minimum absolute atomic E-state index is 0.0265. The minimum atomic E-state index is -2.55. The lowest BCUT2D eigenvalue weighted by Crippen LogP contribution is -2.30. The van der Waals surface area contributed by atoms with E-state index in [4.69, 9.17) is 10.2 Å². The number of furan rings is 1. The molecule has 6 heteroatoms. The van der Waals surface area contributed by atoms with E-state index < -0.39 is 18.9 Å². The number of alkyl halides is 2. The van der Waals surface area contributed by atoms with E-state index in [2.05, 4.69) is 0 Å². The molecule has 2 N–H and O–H groups in total. The van der Waals surface area contributed by atoms with Crippen LogP contribution in [0, 0.1) is 0 Å². The van der Waals surface area contributed by atoms with Crippen LogP contribution in [0.5, 0.6) is 0 Å². The molecule has 1 rings (SSSR count). The first-order valence-corrected chi connectivity index (χ1v) is 4.37. The van der Waals surface area contributed by atoms with E-state index >= 15 is 0 Å². The summed E-state index contributed by atoms with van der Waals surface area (Å²) in [5.74, 6) is -0.0996. The van der Waals surface area contributed by atoms with Crippen molar-refractivity contribution in [3.05, 3.63) is 23.7 Å². The van der Waals surface area contributed by atoms with Gasteiger partial charge < -0.3 is 15.1 Å². The minimum Gasteiger partial charge on any atom is -0.455 e. The van der Waals surface area contributed by atoms with Crippen LogP contribution in [-0.2, 0) is 6.54 Å². The molecule has 0 fully saturated rings. The van der Waals surface area contributed by atoms with Gasteiger partial charge in [0, 0.05) is 7.05 Å². The number of carbonyl (C=O) groups is 1. The Labute approximate surface area is 85.6 Å². The molecule has 4 nitrogen and oxygen atoms in total. The summed E-state index contributed by atoms with van der Waals surface area (Å²) in [6, 6.07) is 2.97. The monoisotopic (exact) mass is 218 g/mol. The number of halogens is 2. The predicted molar refractivity (Wildman–Crippen MR) is 49.6 cm³/mol. The van der Waals surface area contributed by atoms with E-state index in [1.54, 1.807) is 6.07 Å². The zero-order valence-corrected chi connectivity index (χ0v) is 8.24. The third kappa shape index (κ3) is 3.02. The maximum Gasteiger partial charge on any atom is 0.289 e. The van der Waals surface area contributed by atoms with Gasteiger partial charge in [-0.15, -0.1) is 0 Å². The molecule has 84 valence electrons. The fraction of sp³-hybridized carbons (Fsp3) is 0.444. The molecule has 0 aromatic carbocycles. The van der Waals surface area contributed by atoms with Gasteiger partial charge in [0.15, 0.2) is 5.76 Å². The van der Waals surface area contributed by atoms with Gasteiger partial charge in [0.05, 0.1) is 13.1 Å². The average Bonchev–Trinajstić information content (AvgIpc) is 2.63. The summed E-state index contributed by atoms with van der Waals surface area (Å²) in [5, 5.41) is 0. The SMILES string of the molecule is CN(CC(F)F)C(=O)c1ccc(CN)o1. The van der Waals surface area contributed by atoms with Crippen molar-refractivity contribution in [1.29, 1.82) is 0 Å². The molecular weight excluding hydrogens is 206 g/mol. The van der Waals surface area contributed by atoms with Crippen LogP contribution in [0.15, 0.2) is 16.5 Å². The fourth-order valence-electron chi connectivity index (χ4n) is 1.08. The predicted octanol–water partition coefficient (Wildman–Crippen LogP) is 1.08. The van der Waals surface area contributed by atoms with Crippen LogP contribution in [0.25, 0.3) is 0 Å². The highest BCUT2D eigenvalue weighted by molar-refractivity contribution is 5.91. The van der Waals surface area contributed by atoms with E-state index in [1.807, 2.05) is 0 Å². The molecule has 0 aliphatic rings. The highest BCUT2D eigenvalue weighted by Gasteiger charge is 2.18. The van der Waals surface area contributed by atoms with Crippen molar-refractivity contribution in [3.63, 3.8) is 0 Å². The summed E-state index contributed by atoms with van der Waals surface area (Å²) < 4.78 is 29.0. The van der Waals surface area contributed by atoms with Crippen LogP contribution in [0.2, 0.25) is 0 Å². The zero-order valence-electron chi connectivity index (χ0n) is 8.24. The molecule has 1 aromatic heterocycles.